The van der Waals surface area contributed by atoms with Crippen LogP contribution in [0.2, 0.25) is 0 Å². The zero-order valence-electron chi connectivity index (χ0n) is 25.4. The summed E-state index contributed by atoms with van der Waals surface area (Å²) in [5.74, 6) is 3.29. The average molecular weight is 558 g/mol. The molecule has 0 aromatic heterocycles. The van der Waals surface area contributed by atoms with Gasteiger partial charge in [0.05, 0.1) is 17.7 Å². The number of piperidine rings is 1. The van der Waals surface area contributed by atoms with Crippen molar-refractivity contribution in [2.24, 2.45) is 45.8 Å². The van der Waals surface area contributed by atoms with Crippen LogP contribution in [-0.4, -0.2) is 41.1 Å². The number of hydrogen-bond donors (Lipinski definition) is 0. The Morgan fingerprint density at radius 3 is 2.68 bits per heavy atom. The van der Waals surface area contributed by atoms with E-state index in [2.05, 4.69) is 32.6 Å². The maximum Gasteiger partial charge on any atom is 0.410 e. The monoisotopic (exact) mass is 557 g/mol. The minimum absolute atomic E-state index is 0.0839. The fraction of sp³-hybridized carbons (Fsp3) is 0.722. The molecule has 2 saturated heterocycles. The van der Waals surface area contributed by atoms with Crippen LogP contribution in [0.15, 0.2) is 42.0 Å². The molecular formula is C36H47NO4. The molecule has 2 heterocycles. The van der Waals surface area contributed by atoms with Crippen LogP contribution < -0.4 is 0 Å². The third kappa shape index (κ3) is 3.39. The predicted molar refractivity (Wildman–Crippen MR) is 157 cm³/mol. The number of ketones is 1. The zero-order chi connectivity index (χ0) is 28.4. The maximum absolute atomic E-state index is 13.6. The lowest BCUT2D eigenvalue weighted by Crippen LogP contribution is -2.56. The van der Waals surface area contributed by atoms with E-state index in [-0.39, 0.29) is 40.6 Å². The van der Waals surface area contributed by atoms with E-state index in [1.807, 2.05) is 36.4 Å². The van der Waals surface area contributed by atoms with E-state index in [1.165, 1.54) is 31.3 Å². The molecule has 4 saturated carbocycles. The first kappa shape index (κ1) is 26.5. The van der Waals surface area contributed by atoms with Gasteiger partial charge in [0.15, 0.2) is 5.78 Å². The number of rotatable bonds is 2. The molecule has 0 N–H and O–H groups in total. The lowest BCUT2D eigenvalue weighted by Gasteiger charge is -2.50. The zero-order valence-corrected chi connectivity index (χ0v) is 25.4. The van der Waals surface area contributed by atoms with Gasteiger partial charge in [0.2, 0.25) is 0 Å². The molecule has 41 heavy (non-hydrogen) atoms. The highest BCUT2D eigenvalue weighted by molar-refractivity contribution is 5.91. The topological polar surface area (TPSA) is 55.8 Å². The summed E-state index contributed by atoms with van der Waals surface area (Å²) in [6.45, 7) is 10.8. The molecule has 11 atom stereocenters. The molecule has 6 fully saturated rings. The van der Waals surface area contributed by atoms with Gasteiger partial charge in [-0.1, -0.05) is 63.6 Å². The van der Waals surface area contributed by atoms with Crippen LogP contribution in [0.3, 0.4) is 0 Å². The SMILES string of the molecule is C[C@H]1C[C@H]2O[C@]3(CC[C@H]4[C@@H]5CCC6=CC(=O)CC[C@]6(C)[C@H]5C[C@@]45C[C@]53C)[C@H](C)[C@@H]2N(C(=O)OCc2ccccc2)C1. The normalized spacial score (nSPS) is 49.4. The molecule has 2 spiro atoms. The van der Waals surface area contributed by atoms with E-state index >= 15 is 0 Å². The van der Waals surface area contributed by atoms with Crippen molar-refractivity contribution in [3.63, 3.8) is 0 Å². The highest BCUT2D eigenvalue weighted by atomic mass is 16.6. The van der Waals surface area contributed by atoms with E-state index in [9.17, 15) is 9.59 Å². The Balaban J connectivity index is 1.07. The Bertz CT molecular complexity index is 1310. The molecule has 220 valence electrons. The Kier molecular flexibility index (Phi) is 5.62. The number of benzene rings is 1. The average Bonchev–Trinajstić information content (AvgIpc) is 3.30. The standard InChI is InChI=1S/C36H47NO4/c1-22-16-30-31(37(19-22)32(39)40-20-24-8-6-5-7-9-24)23(2)36(41-30)15-13-28-27-11-10-25-17-26(38)12-14-33(25,3)29(27)18-35(28)21-34(35,36)4/h5-9,17,22-23,27-31H,10-16,18-21H2,1-4H3/t22-,23+,27-,28-,29-,30+,31-,33-,34+,35+,36+/m0/s1. The fourth-order valence-electron chi connectivity index (χ4n) is 12.2. The largest absolute Gasteiger partial charge is 0.445 e. The highest BCUT2D eigenvalue weighted by Gasteiger charge is 2.84. The smallest absolute Gasteiger partial charge is 0.410 e. The molecular weight excluding hydrogens is 510 g/mol. The van der Waals surface area contributed by atoms with Gasteiger partial charge in [-0.3, -0.25) is 4.79 Å². The van der Waals surface area contributed by atoms with Crippen LogP contribution in [0.4, 0.5) is 4.79 Å². The number of carbonyl (C=O) groups is 2. The number of allylic oxidation sites excluding steroid dienone is 2. The molecule has 1 aromatic carbocycles. The molecule has 0 unspecified atom stereocenters. The summed E-state index contributed by atoms with van der Waals surface area (Å²) in [6.07, 6.45) is 12.0. The molecule has 5 nitrogen and oxygen atoms in total. The van der Waals surface area contributed by atoms with Crippen molar-refractivity contribution in [3.8, 4) is 0 Å². The quantitative estimate of drug-likeness (QED) is 0.382. The summed E-state index contributed by atoms with van der Waals surface area (Å²) in [5.41, 5.74) is 3.02. The van der Waals surface area contributed by atoms with Crippen molar-refractivity contribution in [2.75, 3.05) is 6.54 Å². The third-order valence-electron chi connectivity index (χ3n) is 14.2. The predicted octanol–water partition coefficient (Wildman–Crippen LogP) is 7.34. The highest BCUT2D eigenvalue weighted by Crippen LogP contribution is 2.87. The molecule has 8 rings (SSSR count). The summed E-state index contributed by atoms with van der Waals surface area (Å²) < 4.78 is 13.3. The number of hydrogen-bond acceptors (Lipinski definition) is 4. The number of likely N-dealkylation sites (tertiary alicyclic amines) is 1. The summed E-state index contributed by atoms with van der Waals surface area (Å²) in [7, 11) is 0. The lowest BCUT2D eigenvalue weighted by atomic mass is 9.56. The lowest BCUT2D eigenvalue weighted by molar-refractivity contribution is -0.148. The first-order valence-electron chi connectivity index (χ1n) is 16.5. The van der Waals surface area contributed by atoms with Gasteiger partial charge < -0.3 is 14.4 Å². The van der Waals surface area contributed by atoms with Crippen molar-refractivity contribution < 1.29 is 19.1 Å². The second kappa shape index (κ2) is 8.71. The number of fused-ring (bicyclic) bond motifs is 6. The van der Waals surface area contributed by atoms with Crippen LogP contribution in [0.1, 0.15) is 91.0 Å². The van der Waals surface area contributed by atoms with Gasteiger partial charge in [-0.2, -0.15) is 0 Å². The molecule has 2 aliphatic heterocycles. The fourth-order valence-corrected chi connectivity index (χ4v) is 12.2. The Labute approximate surface area is 245 Å². The van der Waals surface area contributed by atoms with Gasteiger partial charge in [0.1, 0.15) is 6.61 Å². The number of nitrogens with zero attached hydrogens (tertiary/aromatic N) is 1. The van der Waals surface area contributed by atoms with Gasteiger partial charge in [-0.05, 0) is 97.5 Å². The summed E-state index contributed by atoms with van der Waals surface area (Å²) >= 11 is 0. The van der Waals surface area contributed by atoms with E-state index < -0.39 is 0 Å². The van der Waals surface area contributed by atoms with Gasteiger partial charge in [0, 0.05) is 24.3 Å². The van der Waals surface area contributed by atoms with E-state index in [0.717, 1.165) is 56.0 Å². The number of amides is 1. The van der Waals surface area contributed by atoms with E-state index in [0.29, 0.717) is 29.6 Å². The summed E-state index contributed by atoms with van der Waals surface area (Å²) in [4.78, 5) is 28.0. The molecule has 7 aliphatic rings. The number of carbonyl (C=O) groups excluding carboxylic acids is 2. The maximum atomic E-state index is 13.6. The van der Waals surface area contributed by atoms with Crippen molar-refractivity contribution in [2.45, 2.75) is 110 Å². The van der Waals surface area contributed by atoms with Crippen LogP contribution in [0.25, 0.3) is 0 Å². The van der Waals surface area contributed by atoms with Crippen LogP contribution >= 0.6 is 0 Å². The van der Waals surface area contributed by atoms with Crippen LogP contribution in [-0.2, 0) is 20.9 Å². The summed E-state index contributed by atoms with van der Waals surface area (Å²) in [5, 5.41) is 0. The molecule has 5 aliphatic carbocycles. The molecule has 5 heteroatoms. The molecule has 1 aromatic rings. The van der Waals surface area contributed by atoms with Crippen molar-refractivity contribution >= 4 is 11.9 Å². The molecule has 0 radical (unpaired) electrons. The van der Waals surface area contributed by atoms with Gasteiger partial charge in [-0.15, -0.1) is 0 Å². The first-order chi connectivity index (χ1) is 19.6. The minimum Gasteiger partial charge on any atom is -0.445 e. The van der Waals surface area contributed by atoms with Crippen LogP contribution in [0.5, 0.6) is 0 Å². The van der Waals surface area contributed by atoms with Crippen molar-refractivity contribution in [3.05, 3.63) is 47.5 Å². The van der Waals surface area contributed by atoms with Crippen LogP contribution in [0, 0.1) is 45.8 Å². The molecule has 1 amide bonds. The molecule has 0 bridgehead atoms. The Morgan fingerprint density at radius 2 is 1.88 bits per heavy atom. The number of ether oxygens (including phenoxy) is 2. The van der Waals surface area contributed by atoms with Gasteiger partial charge in [-0.25, -0.2) is 4.79 Å². The van der Waals surface area contributed by atoms with Crippen molar-refractivity contribution in [1.82, 2.24) is 4.90 Å². The van der Waals surface area contributed by atoms with E-state index in [1.54, 1.807) is 0 Å². The van der Waals surface area contributed by atoms with Gasteiger partial charge >= 0.3 is 6.09 Å². The summed E-state index contributed by atoms with van der Waals surface area (Å²) in [6, 6.07) is 10.1. The van der Waals surface area contributed by atoms with Gasteiger partial charge in [0.25, 0.3) is 0 Å². The van der Waals surface area contributed by atoms with Crippen molar-refractivity contribution in [1.29, 1.82) is 0 Å². The second-order valence-electron chi connectivity index (χ2n) is 15.7. The van der Waals surface area contributed by atoms with E-state index in [4.69, 9.17) is 9.47 Å². The Hall–Kier alpha value is -2.14. The third-order valence-corrected chi connectivity index (χ3v) is 14.2. The first-order valence-corrected chi connectivity index (χ1v) is 16.5. The second-order valence-corrected chi connectivity index (χ2v) is 15.7. The Morgan fingerprint density at radius 1 is 1.07 bits per heavy atom. The minimum atomic E-state index is -0.182.